The van der Waals surface area contributed by atoms with Crippen molar-refractivity contribution in [3.63, 3.8) is 0 Å². The van der Waals surface area contributed by atoms with Crippen LogP contribution in [0.1, 0.15) is 27.0 Å². The summed E-state index contributed by atoms with van der Waals surface area (Å²) >= 11 is 0. The van der Waals surface area contributed by atoms with Crippen LogP contribution >= 0.6 is 0 Å². The van der Waals surface area contributed by atoms with Gasteiger partial charge < -0.3 is 9.80 Å². The van der Waals surface area contributed by atoms with Crippen molar-refractivity contribution in [2.45, 2.75) is 13.8 Å². The molecule has 0 unspecified atom stereocenters. The Morgan fingerprint density at radius 3 is 1.64 bits per heavy atom. The van der Waals surface area contributed by atoms with Gasteiger partial charge in [-0.05, 0) is 61.4 Å². The van der Waals surface area contributed by atoms with Crippen molar-refractivity contribution >= 4 is 17.2 Å². The first-order chi connectivity index (χ1) is 10.3. The number of aryl methyl sites for hydroxylation is 2. The number of hydrogen-bond donors (Lipinski definition) is 0. The van der Waals surface area contributed by atoms with E-state index < -0.39 is 0 Å². The average molecular weight is 296 g/mol. The maximum Gasteiger partial charge on any atom is 0.193 e. The summed E-state index contributed by atoms with van der Waals surface area (Å²) in [6.07, 6.45) is 0. The molecule has 2 rings (SSSR count). The number of benzene rings is 2. The van der Waals surface area contributed by atoms with Crippen LogP contribution in [0.15, 0.2) is 36.4 Å². The zero-order chi connectivity index (χ0) is 16.4. The molecule has 0 atom stereocenters. The zero-order valence-electron chi connectivity index (χ0n) is 14.3. The molecule has 116 valence electrons. The van der Waals surface area contributed by atoms with Crippen LogP contribution in [0.2, 0.25) is 0 Å². The van der Waals surface area contributed by atoms with E-state index in [-0.39, 0.29) is 5.78 Å². The molecule has 22 heavy (non-hydrogen) atoms. The lowest BCUT2D eigenvalue weighted by atomic mass is 9.94. The van der Waals surface area contributed by atoms with Gasteiger partial charge in [0.05, 0.1) is 0 Å². The highest BCUT2D eigenvalue weighted by molar-refractivity contribution is 6.11. The summed E-state index contributed by atoms with van der Waals surface area (Å²) in [5, 5.41) is 0. The molecular formula is C19H24N2O. The minimum atomic E-state index is 0.0885. The van der Waals surface area contributed by atoms with Gasteiger partial charge in [0.25, 0.3) is 0 Å². The third-order valence-electron chi connectivity index (χ3n) is 3.91. The molecule has 0 N–H and O–H groups in total. The number of ketones is 1. The second kappa shape index (κ2) is 6.22. The molecule has 0 saturated carbocycles. The third-order valence-corrected chi connectivity index (χ3v) is 3.91. The van der Waals surface area contributed by atoms with Crippen molar-refractivity contribution < 1.29 is 4.79 Å². The van der Waals surface area contributed by atoms with Gasteiger partial charge in [-0.2, -0.15) is 0 Å². The maximum atomic E-state index is 12.8. The van der Waals surface area contributed by atoms with Gasteiger partial charge in [-0.1, -0.05) is 0 Å². The van der Waals surface area contributed by atoms with Gasteiger partial charge in [0, 0.05) is 50.7 Å². The van der Waals surface area contributed by atoms with E-state index in [1.807, 2.05) is 71.2 Å². The fourth-order valence-electron chi connectivity index (χ4n) is 2.61. The molecule has 0 aromatic heterocycles. The van der Waals surface area contributed by atoms with Crippen molar-refractivity contribution in [1.82, 2.24) is 0 Å². The molecule has 0 fully saturated rings. The number of carbonyl (C=O) groups is 1. The highest BCUT2D eigenvalue weighted by Crippen LogP contribution is 2.25. The van der Waals surface area contributed by atoms with Gasteiger partial charge in [0.15, 0.2) is 5.78 Å². The Kier molecular flexibility index (Phi) is 4.55. The summed E-state index contributed by atoms with van der Waals surface area (Å²) in [7, 11) is 8.00. The number of nitrogens with zero attached hydrogens (tertiary/aromatic N) is 2. The van der Waals surface area contributed by atoms with Crippen molar-refractivity contribution in [1.29, 1.82) is 0 Å². The summed E-state index contributed by atoms with van der Waals surface area (Å²) in [6, 6.07) is 11.9. The largest absolute Gasteiger partial charge is 0.378 e. The highest BCUT2D eigenvalue weighted by atomic mass is 16.1. The SMILES string of the molecule is Cc1cc(N(C)C)cc(C)c1C(=O)c1ccc(N(C)C)cc1. The van der Waals surface area contributed by atoms with E-state index in [0.717, 1.165) is 33.6 Å². The van der Waals surface area contributed by atoms with Gasteiger partial charge in [-0.3, -0.25) is 4.79 Å². The van der Waals surface area contributed by atoms with Crippen molar-refractivity contribution in [2.75, 3.05) is 38.0 Å². The van der Waals surface area contributed by atoms with Crippen LogP contribution in [0.25, 0.3) is 0 Å². The number of rotatable bonds is 4. The summed E-state index contributed by atoms with van der Waals surface area (Å²) < 4.78 is 0. The van der Waals surface area contributed by atoms with Crippen LogP contribution in [-0.2, 0) is 0 Å². The molecule has 2 aromatic rings. The lowest BCUT2D eigenvalue weighted by Crippen LogP contribution is -2.12. The smallest absolute Gasteiger partial charge is 0.193 e. The zero-order valence-corrected chi connectivity index (χ0v) is 14.3. The Bertz CT molecular complexity index is 662. The standard InChI is InChI=1S/C19H24N2O/c1-13-11-17(21(5)6)12-14(2)18(13)19(22)15-7-9-16(10-8-15)20(3)4/h7-12H,1-6H3. The molecule has 0 spiro atoms. The van der Waals surface area contributed by atoms with Crippen molar-refractivity contribution in [3.05, 3.63) is 58.7 Å². The van der Waals surface area contributed by atoms with Crippen LogP contribution in [-0.4, -0.2) is 34.0 Å². The lowest BCUT2D eigenvalue weighted by molar-refractivity contribution is 0.103. The van der Waals surface area contributed by atoms with Gasteiger partial charge in [0.2, 0.25) is 0 Å². The molecule has 0 amide bonds. The highest BCUT2D eigenvalue weighted by Gasteiger charge is 2.16. The van der Waals surface area contributed by atoms with Crippen LogP contribution < -0.4 is 9.80 Å². The summed E-state index contributed by atoms with van der Waals surface area (Å²) in [5.74, 6) is 0.0885. The van der Waals surface area contributed by atoms with E-state index in [9.17, 15) is 4.79 Å². The first-order valence-electron chi connectivity index (χ1n) is 7.42. The van der Waals surface area contributed by atoms with Crippen molar-refractivity contribution in [3.8, 4) is 0 Å². The van der Waals surface area contributed by atoms with Crippen molar-refractivity contribution in [2.24, 2.45) is 0 Å². The molecule has 0 aliphatic carbocycles. The van der Waals surface area contributed by atoms with Crippen LogP contribution in [0.5, 0.6) is 0 Å². The summed E-state index contributed by atoms with van der Waals surface area (Å²) in [4.78, 5) is 16.9. The normalized spacial score (nSPS) is 10.5. The molecule has 3 nitrogen and oxygen atoms in total. The minimum Gasteiger partial charge on any atom is -0.378 e. The quantitative estimate of drug-likeness (QED) is 0.804. The second-order valence-electron chi connectivity index (χ2n) is 6.12. The molecule has 0 heterocycles. The van der Waals surface area contributed by atoms with Gasteiger partial charge >= 0.3 is 0 Å². The minimum absolute atomic E-state index is 0.0885. The summed E-state index contributed by atoms with van der Waals surface area (Å²) in [5.41, 5.74) is 5.79. The molecule has 0 bridgehead atoms. The molecule has 2 aromatic carbocycles. The van der Waals surface area contributed by atoms with E-state index in [0.29, 0.717) is 0 Å². The molecule has 0 aliphatic heterocycles. The predicted molar refractivity (Wildman–Crippen MR) is 94.4 cm³/mol. The van der Waals surface area contributed by atoms with Crippen LogP contribution in [0.4, 0.5) is 11.4 Å². The fraction of sp³-hybridized carbons (Fsp3) is 0.316. The fourth-order valence-corrected chi connectivity index (χ4v) is 2.61. The molecule has 0 radical (unpaired) electrons. The van der Waals surface area contributed by atoms with E-state index in [1.165, 1.54) is 0 Å². The first kappa shape index (κ1) is 16.1. The van der Waals surface area contributed by atoms with E-state index in [1.54, 1.807) is 0 Å². The molecule has 3 heteroatoms. The summed E-state index contributed by atoms with van der Waals surface area (Å²) in [6.45, 7) is 4.00. The Balaban J connectivity index is 2.41. The third kappa shape index (κ3) is 3.14. The second-order valence-corrected chi connectivity index (χ2v) is 6.12. The average Bonchev–Trinajstić information content (AvgIpc) is 2.46. The number of hydrogen-bond acceptors (Lipinski definition) is 3. The van der Waals surface area contributed by atoms with Crippen LogP contribution in [0, 0.1) is 13.8 Å². The Morgan fingerprint density at radius 2 is 1.23 bits per heavy atom. The molecule has 0 saturated heterocycles. The Labute approximate surface area is 133 Å². The lowest BCUT2D eigenvalue weighted by Gasteiger charge is -2.17. The Morgan fingerprint density at radius 1 is 0.773 bits per heavy atom. The van der Waals surface area contributed by atoms with Gasteiger partial charge in [-0.15, -0.1) is 0 Å². The monoisotopic (exact) mass is 296 g/mol. The number of anilines is 2. The first-order valence-corrected chi connectivity index (χ1v) is 7.42. The van der Waals surface area contributed by atoms with Gasteiger partial charge in [-0.25, -0.2) is 0 Å². The van der Waals surface area contributed by atoms with E-state index >= 15 is 0 Å². The van der Waals surface area contributed by atoms with E-state index in [2.05, 4.69) is 17.0 Å². The number of carbonyl (C=O) groups excluding carboxylic acids is 1. The molecule has 0 aliphatic rings. The van der Waals surface area contributed by atoms with E-state index in [4.69, 9.17) is 0 Å². The molecular weight excluding hydrogens is 272 g/mol. The van der Waals surface area contributed by atoms with Crippen LogP contribution in [0.3, 0.4) is 0 Å². The maximum absolute atomic E-state index is 12.8. The predicted octanol–water partition coefficient (Wildman–Crippen LogP) is 3.67. The van der Waals surface area contributed by atoms with Gasteiger partial charge in [0.1, 0.15) is 0 Å². The Hall–Kier alpha value is -2.29. The topological polar surface area (TPSA) is 23.6 Å².